The van der Waals surface area contributed by atoms with Crippen LogP contribution in [0.25, 0.3) is 0 Å². The lowest BCUT2D eigenvalue weighted by Gasteiger charge is -2.17. The minimum absolute atomic E-state index is 0.117. The first-order valence-electron chi connectivity index (χ1n) is 7.98. The second-order valence-electron chi connectivity index (χ2n) is 5.98. The van der Waals surface area contributed by atoms with Gasteiger partial charge < -0.3 is 16.0 Å². The highest BCUT2D eigenvalue weighted by Gasteiger charge is 2.15. The lowest BCUT2D eigenvalue weighted by Crippen LogP contribution is -2.32. The highest BCUT2D eigenvalue weighted by atomic mass is 35.5. The molecule has 0 aromatic heterocycles. The summed E-state index contributed by atoms with van der Waals surface area (Å²) in [7, 11) is 0. The van der Waals surface area contributed by atoms with Crippen molar-refractivity contribution in [2.75, 3.05) is 16.0 Å². The molecule has 0 aliphatic carbocycles. The van der Waals surface area contributed by atoms with Gasteiger partial charge in [0.05, 0.1) is 0 Å². The summed E-state index contributed by atoms with van der Waals surface area (Å²) in [5, 5.41) is 9.42. The average molecular weight is 360 g/mol. The summed E-state index contributed by atoms with van der Waals surface area (Å²) < 4.78 is 0. The molecule has 2 aromatic rings. The maximum Gasteiger partial charge on any atom is 0.246 e. The Morgan fingerprint density at radius 2 is 1.76 bits per heavy atom. The third-order valence-electron chi connectivity index (χ3n) is 3.84. The van der Waals surface area contributed by atoms with Crippen molar-refractivity contribution < 1.29 is 9.59 Å². The monoisotopic (exact) mass is 359 g/mol. The minimum atomic E-state index is -0.440. The van der Waals surface area contributed by atoms with Crippen molar-refractivity contribution >= 4 is 40.5 Å². The Kier molecular flexibility index (Phi) is 6.04. The molecule has 0 spiro atoms. The zero-order chi connectivity index (χ0) is 18.6. The number of carbonyl (C=O) groups excluding carboxylic acids is 2. The van der Waals surface area contributed by atoms with Crippen LogP contribution in [0.1, 0.15) is 25.0 Å². The Labute approximate surface area is 152 Å². The number of rotatable bonds is 5. The molecule has 5 nitrogen and oxygen atoms in total. The average Bonchev–Trinajstić information content (AvgIpc) is 2.54. The van der Waals surface area contributed by atoms with E-state index in [0.717, 1.165) is 22.5 Å². The molecule has 1 unspecified atom stereocenters. The van der Waals surface area contributed by atoms with Gasteiger partial charge in [-0.2, -0.15) is 0 Å². The second kappa shape index (κ2) is 8.03. The standard InChI is InChI=1S/C19H22ClN3O2/c1-11-10-15(8-9-17(11)22-14(4)24)21-13(3)19(25)23-18-7-5-6-16(20)12(18)2/h5-10,13,21H,1-4H3,(H,22,24)(H,23,25). The third kappa shape index (κ3) is 4.97. The molecule has 3 N–H and O–H groups in total. The molecule has 25 heavy (non-hydrogen) atoms. The first kappa shape index (κ1) is 18.8. The van der Waals surface area contributed by atoms with Gasteiger partial charge in [0, 0.05) is 29.0 Å². The topological polar surface area (TPSA) is 70.2 Å². The smallest absolute Gasteiger partial charge is 0.246 e. The number of halogens is 1. The molecule has 0 aliphatic rings. The van der Waals surface area contributed by atoms with Gasteiger partial charge in [-0.1, -0.05) is 17.7 Å². The molecule has 6 heteroatoms. The van der Waals surface area contributed by atoms with Gasteiger partial charge in [0.15, 0.2) is 0 Å². The molecule has 0 bridgehead atoms. The van der Waals surface area contributed by atoms with Crippen molar-refractivity contribution in [2.45, 2.75) is 33.7 Å². The number of amides is 2. The molecule has 0 saturated heterocycles. The molecule has 0 aliphatic heterocycles. The van der Waals surface area contributed by atoms with Crippen LogP contribution in [0.5, 0.6) is 0 Å². The fourth-order valence-corrected chi connectivity index (χ4v) is 2.56. The predicted molar refractivity (Wildman–Crippen MR) is 103 cm³/mol. The van der Waals surface area contributed by atoms with Crippen LogP contribution >= 0.6 is 11.6 Å². The van der Waals surface area contributed by atoms with Crippen LogP contribution in [0.2, 0.25) is 5.02 Å². The molecular weight excluding hydrogens is 338 g/mol. The van der Waals surface area contributed by atoms with Crippen molar-refractivity contribution in [1.29, 1.82) is 0 Å². The highest BCUT2D eigenvalue weighted by Crippen LogP contribution is 2.24. The van der Waals surface area contributed by atoms with E-state index in [0.29, 0.717) is 10.7 Å². The quantitative estimate of drug-likeness (QED) is 0.743. The zero-order valence-corrected chi connectivity index (χ0v) is 15.5. The van der Waals surface area contributed by atoms with E-state index in [9.17, 15) is 9.59 Å². The van der Waals surface area contributed by atoms with Crippen LogP contribution in [-0.4, -0.2) is 17.9 Å². The van der Waals surface area contributed by atoms with Gasteiger partial charge in [0.25, 0.3) is 0 Å². The molecule has 2 amide bonds. The fraction of sp³-hybridized carbons (Fsp3) is 0.263. The molecular formula is C19H22ClN3O2. The Morgan fingerprint density at radius 3 is 2.40 bits per heavy atom. The Morgan fingerprint density at radius 1 is 1.04 bits per heavy atom. The van der Waals surface area contributed by atoms with Crippen LogP contribution in [0.4, 0.5) is 17.1 Å². The zero-order valence-electron chi connectivity index (χ0n) is 14.7. The molecule has 0 heterocycles. The highest BCUT2D eigenvalue weighted by molar-refractivity contribution is 6.31. The van der Waals surface area contributed by atoms with Gasteiger partial charge in [-0.25, -0.2) is 0 Å². The first-order chi connectivity index (χ1) is 11.8. The first-order valence-corrected chi connectivity index (χ1v) is 8.36. The van der Waals surface area contributed by atoms with Crippen LogP contribution in [-0.2, 0) is 9.59 Å². The van der Waals surface area contributed by atoms with Crippen LogP contribution < -0.4 is 16.0 Å². The van der Waals surface area contributed by atoms with E-state index in [1.807, 2.05) is 38.1 Å². The van der Waals surface area contributed by atoms with Gasteiger partial charge in [-0.15, -0.1) is 0 Å². The van der Waals surface area contributed by atoms with Crippen molar-refractivity contribution in [2.24, 2.45) is 0 Å². The van der Waals surface area contributed by atoms with E-state index in [4.69, 9.17) is 11.6 Å². The SMILES string of the molecule is CC(=O)Nc1ccc(NC(C)C(=O)Nc2cccc(Cl)c2C)cc1C. The normalized spacial score (nSPS) is 11.6. The van der Waals surface area contributed by atoms with Gasteiger partial charge in [-0.3, -0.25) is 9.59 Å². The van der Waals surface area contributed by atoms with E-state index in [2.05, 4.69) is 16.0 Å². The van der Waals surface area contributed by atoms with Gasteiger partial charge in [-0.05, 0) is 62.2 Å². The summed E-state index contributed by atoms with van der Waals surface area (Å²) >= 11 is 6.08. The van der Waals surface area contributed by atoms with Crippen molar-refractivity contribution in [3.05, 3.63) is 52.5 Å². The van der Waals surface area contributed by atoms with E-state index < -0.39 is 6.04 Å². The molecule has 0 radical (unpaired) electrons. The van der Waals surface area contributed by atoms with Crippen LogP contribution in [0, 0.1) is 13.8 Å². The fourth-order valence-electron chi connectivity index (χ4n) is 2.38. The molecule has 1 atom stereocenters. The summed E-state index contributed by atoms with van der Waals surface area (Å²) in [6, 6.07) is 10.5. The van der Waals surface area contributed by atoms with Crippen LogP contribution in [0.15, 0.2) is 36.4 Å². The van der Waals surface area contributed by atoms with E-state index >= 15 is 0 Å². The third-order valence-corrected chi connectivity index (χ3v) is 4.25. The number of anilines is 3. The Hall–Kier alpha value is -2.53. The maximum absolute atomic E-state index is 12.4. The van der Waals surface area contributed by atoms with E-state index in [1.54, 1.807) is 19.1 Å². The van der Waals surface area contributed by atoms with Crippen molar-refractivity contribution in [3.8, 4) is 0 Å². The number of aryl methyl sites for hydroxylation is 1. The number of hydrogen-bond acceptors (Lipinski definition) is 3. The lowest BCUT2D eigenvalue weighted by atomic mass is 10.1. The number of carbonyl (C=O) groups is 2. The Bertz CT molecular complexity index is 805. The number of hydrogen-bond donors (Lipinski definition) is 3. The maximum atomic E-state index is 12.4. The number of nitrogens with one attached hydrogen (secondary N) is 3. The molecule has 0 saturated carbocycles. The van der Waals surface area contributed by atoms with Gasteiger partial charge in [0.2, 0.25) is 11.8 Å². The number of benzene rings is 2. The van der Waals surface area contributed by atoms with Crippen molar-refractivity contribution in [1.82, 2.24) is 0 Å². The largest absolute Gasteiger partial charge is 0.374 e. The summed E-state index contributed by atoms with van der Waals surface area (Å²) in [5.41, 5.74) is 4.00. The molecule has 0 fully saturated rings. The van der Waals surface area contributed by atoms with Gasteiger partial charge >= 0.3 is 0 Å². The predicted octanol–water partition coefficient (Wildman–Crippen LogP) is 4.35. The lowest BCUT2D eigenvalue weighted by molar-refractivity contribution is -0.116. The summed E-state index contributed by atoms with van der Waals surface area (Å²) in [6.07, 6.45) is 0. The minimum Gasteiger partial charge on any atom is -0.374 e. The van der Waals surface area contributed by atoms with Crippen LogP contribution in [0.3, 0.4) is 0 Å². The van der Waals surface area contributed by atoms with E-state index in [-0.39, 0.29) is 11.8 Å². The Balaban J connectivity index is 2.04. The molecule has 2 rings (SSSR count). The molecule has 132 valence electrons. The van der Waals surface area contributed by atoms with Gasteiger partial charge in [0.1, 0.15) is 6.04 Å². The summed E-state index contributed by atoms with van der Waals surface area (Å²) in [5.74, 6) is -0.276. The summed E-state index contributed by atoms with van der Waals surface area (Å²) in [6.45, 7) is 7.01. The molecule has 2 aromatic carbocycles. The van der Waals surface area contributed by atoms with Crippen molar-refractivity contribution in [3.63, 3.8) is 0 Å². The second-order valence-corrected chi connectivity index (χ2v) is 6.39. The summed E-state index contributed by atoms with van der Waals surface area (Å²) in [4.78, 5) is 23.6. The van der Waals surface area contributed by atoms with E-state index in [1.165, 1.54) is 6.92 Å².